The molecule has 1 saturated heterocycles. The maximum Gasteiger partial charge on any atom is 0.220 e. The molecule has 1 fully saturated rings. The Labute approximate surface area is 211 Å². The molecular formula is C29H32FN5O. The van der Waals surface area contributed by atoms with E-state index in [9.17, 15) is 9.18 Å². The molecule has 0 unspecified atom stereocenters. The van der Waals surface area contributed by atoms with Crippen LogP contribution in [0.25, 0.3) is 11.2 Å². The number of amides is 1. The minimum Gasteiger partial charge on any atom is -0.353 e. The van der Waals surface area contributed by atoms with E-state index in [1.807, 2.05) is 18.2 Å². The molecule has 1 N–H and O–H groups in total. The SMILES string of the molecule is O=C(CCCc1nc2cccnc2n1Cc1ccc(F)cc1)NC1CCN(Cc2ccccc2)CC1. The molecule has 1 amide bonds. The van der Waals surface area contributed by atoms with Crippen LogP contribution in [-0.4, -0.2) is 44.5 Å². The van der Waals surface area contributed by atoms with Crippen LogP contribution in [-0.2, 0) is 24.3 Å². The van der Waals surface area contributed by atoms with E-state index < -0.39 is 0 Å². The largest absolute Gasteiger partial charge is 0.353 e. The summed E-state index contributed by atoms with van der Waals surface area (Å²) in [6.45, 7) is 3.53. The molecule has 3 heterocycles. The van der Waals surface area contributed by atoms with Crippen LogP contribution < -0.4 is 5.32 Å². The Morgan fingerprint density at radius 2 is 1.69 bits per heavy atom. The molecule has 1 aliphatic heterocycles. The summed E-state index contributed by atoms with van der Waals surface area (Å²) in [5, 5.41) is 3.24. The van der Waals surface area contributed by atoms with E-state index >= 15 is 0 Å². The van der Waals surface area contributed by atoms with E-state index in [1.165, 1.54) is 17.7 Å². The van der Waals surface area contributed by atoms with Crippen molar-refractivity contribution in [2.75, 3.05) is 13.1 Å². The molecule has 4 aromatic rings. The molecule has 0 spiro atoms. The lowest BCUT2D eigenvalue weighted by Gasteiger charge is -2.32. The first-order valence-corrected chi connectivity index (χ1v) is 12.7. The minimum atomic E-state index is -0.250. The molecule has 5 rings (SSSR count). The predicted molar refractivity (Wildman–Crippen MR) is 139 cm³/mol. The first-order valence-electron chi connectivity index (χ1n) is 12.7. The lowest BCUT2D eigenvalue weighted by atomic mass is 10.0. The summed E-state index contributed by atoms with van der Waals surface area (Å²) < 4.78 is 15.4. The van der Waals surface area contributed by atoms with Crippen molar-refractivity contribution in [2.45, 2.75) is 51.2 Å². The predicted octanol–water partition coefficient (Wildman–Crippen LogP) is 4.72. The maximum atomic E-state index is 13.3. The third-order valence-electron chi connectivity index (χ3n) is 6.84. The molecule has 7 heteroatoms. The fourth-order valence-corrected chi connectivity index (χ4v) is 4.92. The van der Waals surface area contributed by atoms with Crippen LogP contribution in [0.3, 0.4) is 0 Å². The number of benzene rings is 2. The summed E-state index contributed by atoms with van der Waals surface area (Å²) >= 11 is 0. The highest BCUT2D eigenvalue weighted by Gasteiger charge is 2.21. The Hall–Kier alpha value is -3.58. The van der Waals surface area contributed by atoms with Crippen LogP contribution in [0.4, 0.5) is 4.39 Å². The smallest absolute Gasteiger partial charge is 0.220 e. The monoisotopic (exact) mass is 485 g/mol. The van der Waals surface area contributed by atoms with Gasteiger partial charge in [-0.3, -0.25) is 9.69 Å². The molecule has 36 heavy (non-hydrogen) atoms. The second-order valence-corrected chi connectivity index (χ2v) is 9.54. The summed E-state index contributed by atoms with van der Waals surface area (Å²) in [6, 6.07) is 21.1. The van der Waals surface area contributed by atoms with Crippen LogP contribution in [0.5, 0.6) is 0 Å². The lowest BCUT2D eigenvalue weighted by Crippen LogP contribution is -2.44. The van der Waals surface area contributed by atoms with Gasteiger partial charge in [0.2, 0.25) is 5.91 Å². The van der Waals surface area contributed by atoms with Crippen molar-refractivity contribution in [3.63, 3.8) is 0 Å². The van der Waals surface area contributed by atoms with Gasteiger partial charge in [0.1, 0.15) is 17.2 Å². The van der Waals surface area contributed by atoms with Crippen molar-refractivity contribution in [1.29, 1.82) is 0 Å². The van der Waals surface area contributed by atoms with E-state index in [2.05, 4.69) is 44.0 Å². The number of carbonyl (C=O) groups excluding carboxylic acids is 1. The highest BCUT2D eigenvalue weighted by Crippen LogP contribution is 2.19. The highest BCUT2D eigenvalue weighted by molar-refractivity contribution is 5.76. The number of pyridine rings is 1. The van der Waals surface area contributed by atoms with Gasteiger partial charge in [-0.15, -0.1) is 0 Å². The molecule has 2 aromatic heterocycles. The first kappa shape index (κ1) is 24.1. The molecule has 2 aromatic carbocycles. The summed E-state index contributed by atoms with van der Waals surface area (Å²) in [7, 11) is 0. The number of hydrogen-bond acceptors (Lipinski definition) is 4. The number of halogens is 1. The standard InChI is InChI=1S/C29H32FN5O/c30-24-13-11-23(12-14-24)21-35-27(33-26-8-5-17-31-29(26)35)9-4-10-28(36)32-25-15-18-34(19-16-25)20-22-6-2-1-3-7-22/h1-3,5-8,11-14,17,25H,4,9-10,15-16,18-21H2,(H,32,36). The van der Waals surface area contributed by atoms with E-state index in [-0.39, 0.29) is 17.8 Å². The Kier molecular flexibility index (Phi) is 7.67. The number of likely N-dealkylation sites (tertiary alicyclic amines) is 1. The topological polar surface area (TPSA) is 63.1 Å². The van der Waals surface area contributed by atoms with Gasteiger partial charge in [0.05, 0.1) is 6.54 Å². The quantitative estimate of drug-likeness (QED) is 0.373. The molecule has 0 aliphatic carbocycles. The third kappa shape index (κ3) is 6.15. The zero-order valence-electron chi connectivity index (χ0n) is 20.4. The number of nitrogens with zero attached hydrogens (tertiary/aromatic N) is 4. The van der Waals surface area contributed by atoms with E-state index in [0.29, 0.717) is 25.8 Å². The molecule has 0 atom stereocenters. The molecule has 1 aliphatic rings. The fraction of sp³-hybridized carbons (Fsp3) is 0.345. The highest BCUT2D eigenvalue weighted by atomic mass is 19.1. The van der Waals surface area contributed by atoms with Crippen molar-refractivity contribution in [1.82, 2.24) is 24.8 Å². The number of imidazole rings is 1. The average Bonchev–Trinajstić information content (AvgIpc) is 3.24. The van der Waals surface area contributed by atoms with Crippen molar-refractivity contribution >= 4 is 17.1 Å². The zero-order valence-corrected chi connectivity index (χ0v) is 20.4. The van der Waals surface area contributed by atoms with Crippen molar-refractivity contribution in [3.05, 3.63) is 95.7 Å². The lowest BCUT2D eigenvalue weighted by molar-refractivity contribution is -0.122. The normalized spacial score (nSPS) is 14.8. The third-order valence-corrected chi connectivity index (χ3v) is 6.84. The van der Waals surface area contributed by atoms with Crippen LogP contribution in [0.2, 0.25) is 0 Å². The number of fused-ring (bicyclic) bond motifs is 1. The van der Waals surface area contributed by atoms with Gasteiger partial charge in [-0.05, 0) is 54.7 Å². The Bertz CT molecular complexity index is 1280. The van der Waals surface area contributed by atoms with Gasteiger partial charge in [0.15, 0.2) is 5.65 Å². The van der Waals surface area contributed by atoms with Crippen LogP contribution in [0.1, 0.15) is 42.6 Å². The second-order valence-electron chi connectivity index (χ2n) is 9.54. The molecule has 0 saturated carbocycles. The average molecular weight is 486 g/mol. The summed E-state index contributed by atoms with van der Waals surface area (Å²) in [4.78, 5) is 24.4. The summed E-state index contributed by atoms with van der Waals surface area (Å²) in [5.41, 5.74) is 3.96. The number of hydrogen-bond donors (Lipinski definition) is 1. The van der Waals surface area contributed by atoms with Crippen LogP contribution in [0, 0.1) is 5.82 Å². The summed E-state index contributed by atoms with van der Waals surface area (Å²) in [5.74, 6) is 0.756. The maximum absolute atomic E-state index is 13.3. The Balaban J connectivity index is 1.12. The fourth-order valence-electron chi connectivity index (χ4n) is 4.92. The van der Waals surface area contributed by atoms with Crippen molar-refractivity contribution in [2.24, 2.45) is 0 Å². The van der Waals surface area contributed by atoms with Gasteiger partial charge < -0.3 is 9.88 Å². The molecule has 6 nitrogen and oxygen atoms in total. The van der Waals surface area contributed by atoms with E-state index in [0.717, 1.165) is 55.0 Å². The molecule has 0 bridgehead atoms. The minimum absolute atomic E-state index is 0.107. The zero-order chi connectivity index (χ0) is 24.7. The molecule has 0 radical (unpaired) electrons. The van der Waals surface area contributed by atoms with Gasteiger partial charge in [0, 0.05) is 44.7 Å². The van der Waals surface area contributed by atoms with E-state index in [1.54, 1.807) is 18.3 Å². The van der Waals surface area contributed by atoms with Crippen LogP contribution >= 0.6 is 0 Å². The molecule has 186 valence electrons. The first-order chi connectivity index (χ1) is 17.6. The van der Waals surface area contributed by atoms with Gasteiger partial charge in [-0.1, -0.05) is 42.5 Å². The summed E-state index contributed by atoms with van der Waals surface area (Å²) in [6.07, 6.45) is 5.59. The van der Waals surface area contributed by atoms with Crippen molar-refractivity contribution in [3.8, 4) is 0 Å². The number of nitrogens with one attached hydrogen (secondary N) is 1. The Morgan fingerprint density at radius 1 is 0.944 bits per heavy atom. The number of piperidine rings is 1. The number of carbonyl (C=O) groups is 1. The van der Waals surface area contributed by atoms with Gasteiger partial charge in [0.25, 0.3) is 0 Å². The van der Waals surface area contributed by atoms with E-state index in [4.69, 9.17) is 4.98 Å². The number of aryl methyl sites for hydroxylation is 1. The van der Waals surface area contributed by atoms with Gasteiger partial charge in [-0.2, -0.15) is 0 Å². The van der Waals surface area contributed by atoms with Gasteiger partial charge in [-0.25, -0.2) is 14.4 Å². The Morgan fingerprint density at radius 3 is 2.47 bits per heavy atom. The van der Waals surface area contributed by atoms with Gasteiger partial charge >= 0.3 is 0 Å². The second kappa shape index (κ2) is 11.4. The van der Waals surface area contributed by atoms with Crippen LogP contribution in [0.15, 0.2) is 72.9 Å². The number of aromatic nitrogens is 3. The number of rotatable bonds is 9. The molecular weight excluding hydrogens is 453 g/mol. The van der Waals surface area contributed by atoms with Crippen molar-refractivity contribution < 1.29 is 9.18 Å².